The molecule has 1 aromatic carbocycles. The first-order valence-electron chi connectivity index (χ1n) is 5.85. The first-order valence-corrected chi connectivity index (χ1v) is 5.85. The van der Waals surface area contributed by atoms with Gasteiger partial charge in [0.25, 0.3) is 5.69 Å². The molecule has 3 unspecified atom stereocenters. The van der Waals surface area contributed by atoms with Crippen LogP contribution in [0, 0.1) is 27.8 Å². The minimum absolute atomic E-state index is 0.0458. The summed E-state index contributed by atoms with van der Waals surface area (Å²) in [5.74, 6) is 0.987. The van der Waals surface area contributed by atoms with Crippen LogP contribution in [0.4, 0.5) is 15.8 Å². The van der Waals surface area contributed by atoms with Gasteiger partial charge in [-0.3, -0.25) is 10.1 Å². The van der Waals surface area contributed by atoms with Gasteiger partial charge in [-0.05, 0) is 37.2 Å². The molecule has 0 heterocycles. The Morgan fingerprint density at radius 3 is 2.82 bits per heavy atom. The molecule has 1 N–H and O–H groups in total. The number of benzene rings is 1. The fourth-order valence-corrected chi connectivity index (χ4v) is 2.87. The standard InChI is InChI=1S/C12H13FN2O2/c13-8-2-4-12(15(16)17)11(6-8)14-10-3-1-7-5-9(7)10/h2,4,6-7,9-10,14H,1,3,5H2. The number of rotatable bonds is 3. The predicted molar refractivity (Wildman–Crippen MR) is 61.3 cm³/mol. The molecular weight excluding hydrogens is 223 g/mol. The molecule has 2 fully saturated rings. The van der Waals surface area contributed by atoms with Crippen molar-refractivity contribution in [3.8, 4) is 0 Å². The second-order valence-electron chi connectivity index (χ2n) is 4.91. The lowest BCUT2D eigenvalue weighted by Gasteiger charge is -2.15. The molecule has 0 aliphatic heterocycles. The van der Waals surface area contributed by atoms with Crippen molar-refractivity contribution in [2.45, 2.75) is 25.3 Å². The van der Waals surface area contributed by atoms with Crippen LogP contribution in [0.3, 0.4) is 0 Å². The van der Waals surface area contributed by atoms with Gasteiger partial charge in [-0.2, -0.15) is 0 Å². The molecule has 3 atom stereocenters. The van der Waals surface area contributed by atoms with Gasteiger partial charge in [0.1, 0.15) is 11.5 Å². The van der Waals surface area contributed by atoms with E-state index in [0.717, 1.165) is 18.4 Å². The van der Waals surface area contributed by atoms with E-state index in [-0.39, 0.29) is 11.7 Å². The lowest BCUT2D eigenvalue weighted by molar-refractivity contribution is -0.384. The van der Waals surface area contributed by atoms with Gasteiger partial charge in [0.15, 0.2) is 0 Å². The molecule has 17 heavy (non-hydrogen) atoms. The third-order valence-electron chi connectivity index (χ3n) is 3.84. The van der Waals surface area contributed by atoms with Gasteiger partial charge in [-0.1, -0.05) is 0 Å². The number of halogens is 1. The number of nitro benzene ring substituents is 1. The van der Waals surface area contributed by atoms with Crippen molar-refractivity contribution in [3.63, 3.8) is 0 Å². The smallest absolute Gasteiger partial charge is 0.292 e. The average molecular weight is 236 g/mol. The summed E-state index contributed by atoms with van der Waals surface area (Å²) in [6.45, 7) is 0. The Kier molecular flexibility index (Phi) is 2.28. The zero-order chi connectivity index (χ0) is 12.0. The average Bonchev–Trinajstić information content (AvgIpc) is 2.95. The second-order valence-corrected chi connectivity index (χ2v) is 4.91. The molecule has 0 bridgehead atoms. The van der Waals surface area contributed by atoms with E-state index in [0.29, 0.717) is 11.6 Å². The zero-order valence-electron chi connectivity index (χ0n) is 9.23. The molecule has 2 aliphatic carbocycles. The maximum atomic E-state index is 13.1. The van der Waals surface area contributed by atoms with Crippen LogP contribution in [0.25, 0.3) is 0 Å². The normalized spacial score (nSPS) is 29.8. The van der Waals surface area contributed by atoms with Crippen molar-refractivity contribution < 1.29 is 9.31 Å². The SMILES string of the molecule is O=[N+]([O-])c1ccc(F)cc1NC1CCC2CC21. The van der Waals surface area contributed by atoms with Crippen molar-refractivity contribution in [3.05, 3.63) is 34.1 Å². The first-order chi connectivity index (χ1) is 8.15. The van der Waals surface area contributed by atoms with Crippen molar-refractivity contribution in [1.82, 2.24) is 0 Å². The van der Waals surface area contributed by atoms with E-state index >= 15 is 0 Å². The Bertz CT molecular complexity index is 478. The van der Waals surface area contributed by atoms with Gasteiger partial charge in [-0.15, -0.1) is 0 Å². The topological polar surface area (TPSA) is 55.2 Å². The minimum Gasteiger partial charge on any atom is -0.376 e. The first kappa shape index (κ1) is 10.5. The van der Waals surface area contributed by atoms with Gasteiger partial charge >= 0.3 is 0 Å². The molecule has 90 valence electrons. The van der Waals surface area contributed by atoms with Crippen LogP contribution < -0.4 is 5.32 Å². The number of hydrogen-bond donors (Lipinski definition) is 1. The fourth-order valence-electron chi connectivity index (χ4n) is 2.87. The third kappa shape index (κ3) is 1.85. The quantitative estimate of drug-likeness (QED) is 0.648. The van der Waals surface area contributed by atoms with Crippen molar-refractivity contribution in [2.24, 2.45) is 11.8 Å². The molecule has 2 aliphatic rings. The van der Waals surface area contributed by atoms with Gasteiger partial charge in [-0.25, -0.2) is 4.39 Å². The zero-order valence-corrected chi connectivity index (χ0v) is 9.23. The van der Waals surface area contributed by atoms with E-state index < -0.39 is 10.7 Å². The summed E-state index contributed by atoms with van der Waals surface area (Å²) in [7, 11) is 0. The molecule has 0 amide bonds. The monoisotopic (exact) mass is 236 g/mol. The van der Waals surface area contributed by atoms with Crippen molar-refractivity contribution in [2.75, 3.05) is 5.32 Å². The van der Waals surface area contributed by atoms with Crippen molar-refractivity contribution in [1.29, 1.82) is 0 Å². The van der Waals surface area contributed by atoms with Crippen LogP contribution >= 0.6 is 0 Å². The largest absolute Gasteiger partial charge is 0.376 e. The summed E-state index contributed by atoms with van der Waals surface area (Å²) in [6.07, 6.45) is 3.43. The number of hydrogen-bond acceptors (Lipinski definition) is 3. The molecule has 4 nitrogen and oxygen atoms in total. The molecule has 2 saturated carbocycles. The summed E-state index contributed by atoms with van der Waals surface area (Å²) < 4.78 is 13.1. The number of anilines is 1. The maximum absolute atomic E-state index is 13.1. The van der Waals surface area contributed by atoms with Crippen LogP contribution in [-0.4, -0.2) is 11.0 Å². The highest BCUT2D eigenvalue weighted by Gasteiger charge is 2.48. The highest BCUT2D eigenvalue weighted by atomic mass is 19.1. The van der Waals surface area contributed by atoms with Crippen molar-refractivity contribution >= 4 is 11.4 Å². The van der Waals surface area contributed by atoms with Gasteiger partial charge < -0.3 is 5.32 Å². The molecule has 3 rings (SSSR count). The summed E-state index contributed by atoms with van der Waals surface area (Å²) >= 11 is 0. The molecule has 0 aromatic heterocycles. The van der Waals surface area contributed by atoms with E-state index in [2.05, 4.69) is 5.32 Å². The van der Waals surface area contributed by atoms with Gasteiger partial charge in [0, 0.05) is 18.2 Å². The highest BCUT2D eigenvalue weighted by Crippen LogP contribution is 2.52. The van der Waals surface area contributed by atoms with Crippen LogP contribution in [0.5, 0.6) is 0 Å². The Balaban J connectivity index is 1.85. The Morgan fingerprint density at radius 2 is 2.24 bits per heavy atom. The van der Waals surface area contributed by atoms with Crippen LogP contribution in [0.1, 0.15) is 19.3 Å². The highest BCUT2D eigenvalue weighted by molar-refractivity contribution is 5.62. The van der Waals surface area contributed by atoms with E-state index in [4.69, 9.17) is 0 Å². The number of fused-ring (bicyclic) bond motifs is 1. The number of nitrogens with zero attached hydrogens (tertiary/aromatic N) is 1. The third-order valence-corrected chi connectivity index (χ3v) is 3.84. The van der Waals surface area contributed by atoms with Crippen LogP contribution in [0.15, 0.2) is 18.2 Å². The van der Waals surface area contributed by atoms with Crippen LogP contribution in [0.2, 0.25) is 0 Å². The lowest BCUT2D eigenvalue weighted by atomic mass is 10.1. The number of nitrogens with one attached hydrogen (secondary N) is 1. The minimum atomic E-state index is -0.471. The Morgan fingerprint density at radius 1 is 1.41 bits per heavy atom. The molecule has 0 spiro atoms. The molecule has 5 heteroatoms. The summed E-state index contributed by atoms with van der Waals surface area (Å²) in [5.41, 5.74) is 0.267. The van der Waals surface area contributed by atoms with Gasteiger partial charge in [0.05, 0.1) is 4.92 Å². The molecular formula is C12H13FN2O2. The Labute approximate surface area is 98.0 Å². The summed E-state index contributed by atoms with van der Waals surface area (Å²) in [6, 6.07) is 3.84. The van der Waals surface area contributed by atoms with E-state index in [9.17, 15) is 14.5 Å². The van der Waals surface area contributed by atoms with E-state index in [1.165, 1.54) is 25.0 Å². The van der Waals surface area contributed by atoms with E-state index in [1.54, 1.807) is 0 Å². The fraction of sp³-hybridized carbons (Fsp3) is 0.500. The lowest BCUT2D eigenvalue weighted by Crippen LogP contribution is -2.19. The molecule has 1 aromatic rings. The van der Waals surface area contributed by atoms with E-state index in [1.807, 2.05) is 0 Å². The summed E-state index contributed by atoms with van der Waals surface area (Å²) in [5, 5.41) is 14.0. The second kappa shape index (κ2) is 3.68. The predicted octanol–water partition coefficient (Wildman–Crippen LogP) is 2.94. The maximum Gasteiger partial charge on any atom is 0.292 e. The molecule has 0 radical (unpaired) electrons. The number of nitro groups is 1. The van der Waals surface area contributed by atoms with Gasteiger partial charge in [0.2, 0.25) is 0 Å². The molecule has 0 saturated heterocycles. The summed E-state index contributed by atoms with van der Waals surface area (Å²) in [4.78, 5) is 10.4. The Hall–Kier alpha value is -1.65. The van der Waals surface area contributed by atoms with Crippen LogP contribution in [-0.2, 0) is 0 Å².